The molecule has 2 saturated carbocycles. The van der Waals surface area contributed by atoms with Crippen LogP contribution in [0.15, 0.2) is 121 Å². The van der Waals surface area contributed by atoms with E-state index >= 15 is 0 Å². The number of hydrogen-bond donors (Lipinski definition) is 0. The molecule has 2 fully saturated rings. The van der Waals surface area contributed by atoms with Gasteiger partial charge in [0.15, 0.2) is 0 Å². The minimum absolute atomic E-state index is 0. The maximum absolute atomic E-state index is 5.34. The van der Waals surface area contributed by atoms with Crippen molar-refractivity contribution in [3.63, 3.8) is 0 Å². The molecule has 0 spiro atoms. The summed E-state index contributed by atoms with van der Waals surface area (Å²) in [7, 11) is -0.154. The average molecular weight is 838 g/mol. The molecule has 0 heterocycles. The zero-order valence-corrected chi connectivity index (χ0v) is 35.0. The van der Waals surface area contributed by atoms with Crippen LogP contribution in [0.4, 0.5) is 0 Å². The third-order valence-corrected chi connectivity index (χ3v) is 12.1. The van der Waals surface area contributed by atoms with Gasteiger partial charge in [-0.2, -0.15) is 73.9 Å². The molecule has 2 nitrogen and oxygen atoms in total. The molecular formula is C45H60HfN2P-5. The normalized spacial score (nSPS) is 15.5. The van der Waals surface area contributed by atoms with E-state index in [1.54, 1.807) is 0 Å². The summed E-state index contributed by atoms with van der Waals surface area (Å²) in [5.41, 5.74) is 6.33. The SMILES string of the molecule is CC(C)(C)[N-]C([N-]Cc1ccccc1)P(C1CCCCC1)C1CCCCC1.[CH2-]c1ccccc1.[CH2-]c1ccccc1.[CH2-]c1ccccc1.[Hf]. The Labute approximate surface area is 321 Å². The Morgan fingerprint density at radius 3 is 1.16 bits per heavy atom. The van der Waals surface area contributed by atoms with Gasteiger partial charge >= 0.3 is 0 Å². The van der Waals surface area contributed by atoms with Gasteiger partial charge in [-0.05, 0) is 37.0 Å². The van der Waals surface area contributed by atoms with Gasteiger partial charge in [0, 0.05) is 25.8 Å². The molecule has 0 radical (unpaired) electrons. The fourth-order valence-corrected chi connectivity index (χ4v) is 10.2. The number of benzene rings is 4. The summed E-state index contributed by atoms with van der Waals surface area (Å²) < 4.78 is 0. The average Bonchev–Trinajstić information content (AvgIpc) is 3.10. The number of nitrogens with zero attached hydrogens (tertiary/aromatic N) is 2. The second-order valence-corrected chi connectivity index (χ2v) is 16.8. The van der Waals surface area contributed by atoms with Crippen LogP contribution in [-0.4, -0.2) is 22.8 Å². The molecule has 0 N–H and O–H groups in total. The van der Waals surface area contributed by atoms with Gasteiger partial charge in [0.1, 0.15) is 0 Å². The third kappa shape index (κ3) is 19.0. The van der Waals surface area contributed by atoms with Crippen molar-refractivity contribution in [1.82, 2.24) is 0 Å². The Balaban J connectivity index is 0.000000303. The molecule has 4 aromatic carbocycles. The fraction of sp³-hybridized carbons (Fsp3) is 0.400. The van der Waals surface area contributed by atoms with E-state index in [1.165, 1.54) is 69.8 Å². The van der Waals surface area contributed by atoms with Gasteiger partial charge in [0.2, 0.25) is 0 Å². The van der Waals surface area contributed by atoms with Crippen molar-refractivity contribution in [2.45, 2.75) is 114 Å². The molecule has 0 aromatic heterocycles. The summed E-state index contributed by atoms with van der Waals surface area (Å²) in [6.45, 7) is 18.8. The van der Waals surface area contributed by atoms with Gasteiger partial charge < -0.3 is 10.6 Å². The second kappa shape index (κ2) is 24.8. The predicted octanol–water partition coefficient (Wildman–Crippen LogP) is 13.8. The molecule has 264 valence electrons. The van der Waals surface area contributed by atoms with Crippen LogP contribution in [0.3, 0.4) is 0 Å². The van der Waals surface area contributed by atoms with E-state index in [2.05, 4.69) is 71.9 Å². The summed E-state index contributed by atoms with van der Waals surface area (Å²) in [6.07, 6.45) is 14.3. The van der Waals surface area contributed by atoms with Crippen LogP contribution in [-0.2, 0) is 32.4 Å². The number of hydrogen-bond acceptors (Lipinski definition) is 0. The van der Waals surface area contributed by atoms with Crippen molar-refractivity contribution in [1.29, 1.82) is 0 Å². The Morgan fingerprint density at radius 1 is 0.551 bits per heavy atom. The van der Waals surface area contributed by atoms with Gasteiger partial charge in [-0.15, -0.1) is 56.4 Å². The Morgan fingerprint density at radius 2 is 0.878 bits per heavy atom. The molecule has 2 aliphatic rings. The second-order valence-electron chi connectivity index (χ2n) is 14.0. The van der Waals surface area contributed by atoms with Gasteiger partial charge in [-0.3, -0.25) is 0 Å². The zero-order valence-electron chi connectivity index (χ0n) is 30.5. The number of rotatable bonds is 7. The molecule has 1 unspecified atom stereocenters. The largest absolute Gasteiger partial charge is 0.670 e. The molecule has 1 atom stereocenters. The standard InChI is InChI=1S/C24H39N2P.3C7H7.Hf/c1-24(2,3)26-23(25-19-20-13-7-4-8-14-20)27(21-15-9-5-10-16-21)22-17-11-6-12-18-22;3*1-7-5-3-2-4-6-7;/h4,7-8,13-14,21-23H,5-6,9-12,15-19H2,1-3H3;3*2-6H,1H2;/q-2;3*-1;. The monoisotopic (exact) mass is 839 g/mol. The van der Waals surface area contributed by atoms with E-state index in [-0.39, 0.29) is 45.2 Å². The first-order chi connectivity index (χ1) is 23.2. The van der Waals surface area contributed by atoms with Crippen molar-refractivity contribution in [3.8, 4) is 0 Å². The van der Waals surface area contributed by atoms with E-state index in [1.807, 2.05) is 91.0 Å². The van der Waals surface area contributed by atoms with Crippen LogP contribution in [0.25, 0.3) is 10.6 Å². The maximum atomic E-state index is 5.34. The van der Waals surface area contributed by atoms with Crippen LogP contribution >= 0.6 is 7.92 Å². The molecular weight excluding hydrogens is 778 g/mol. The van der Waals surface area contributed by atoms with Crippen LogP contribution in [0, 0.1) is 20.8 Å². The zero-order chi connectivity index (χ0) is 34.5. The Bertz CT molecular complexity index is 1210. The van der Waals surface area contributed by atoms with Crippen molar-refractivity contribution in [3.05, 3.63) is 175 Å². The van der Waals surface area contributed by atoms with E-state index in [0.29, 0.717) is 0 Å². The van der Waals surface area contributed by atoms with Gasteiger partial charge in [-0.25, -0.2) is 5.91 Å². The van der Waals surface area contributed by atoms with Crippen molar-refractivity contribution >= 4 is 7.92 Å². The minimum atomic E-state index is -0.154. The topological polar surface area (TPSA) is 28.2 Å². The predicted molar refractivity (Wildman–Crippen MR) is 214 cm³/mol. The molecule has 2 aliphatic carbocycles. The van der Waals surface area contributed by atoms with E-state index in [9.17, 15) is 0 Å². The summed E-state index contributed by atoms with van der Waals surface area (Å²) >= 11 is 0. The first kappa shape index (κ1) is 42.9. The Kier molecular flexibility index (Phi) is 21.7. The summed E-state index contributed by atoms with van der Waals surface area (Å²) in [5.74, 6) is 0.228. The van der Waals surface area contributed by atoms with E-state index < -0.39 is 0 Å². The third-order valence-electron chi connectivity index (χ3n) is 8.57. The van der Waals surface area contributed by atoms with Crippen LogP contribution in [0.2, 0.25) is 0 Å². The van der Waals surface area contributed by atoms with Gasteiger partial charge in [0.05, 0.1) is 0 Å². The molecule has 0 saturated heterocycles. The maximum Gasteiger partial charge on any atom is 0 e. The molecule has 49 heavy (non-hydrogen) atoms. The van der Waals surface area contributed by atoms with Crippen LogP contribution in [0.5, 0.6) is 0 Å². The van der Waals surface area contributed by atoms with Crippen molar-refractivity contribution < 1.29 is 25.8 Å². The molecule has 0 aliphatic heterocycles. The van der Waals surface area contributed by atoms with Crippen LogP contribution in [0.1, 0.15) is 107 Å². The first-order valence-electron chi connectivity index (χ1n) is 18.0. The van der Waals surface area contributed by atoms with Crippen molar-refractivity contribution in [2.24, 2.45) is 0 Å². The summed E-state index contributed by atoms with van der Waals surface area (Å²) in [4.78, 5) is 0. The molecule has 6 rings (SSSR count). The molecule has 4 aromatic rings. The fourth-order valence-electron chi connectivity index (χ4n) is 6.19. The first-order valence-corrected chi connectivity index (χ1v) is 19.6. The van der Waals surface area contributed by atoms with E-state index in [0.717, 1.165) is 34.6 Å². The molecule has 4 heteroatoms. The summed E-state index contributed by atoms with van der Waals surface area (Å²) in [5, 5.41) is 10.6. The quantitative estimate of drug-likeness (QED) is 0.101. The van der Waals surface area contributed by atoms with Crippen molar-refractivity contribution in [2.75, 3.05) is 0 Å². The molecule has 0 amide bonds. The summed E-state index contributed by atoms with van der Waals surface area (Å²) in [6, 6.07) is 40.4. The van der Waals surface area contributed by atoms with E-state index in [4.69, 9.17) is 10.6 Å². The van der Waals surface area contributed by atoms with Gasteiger partial charge in [-0.1, -0.05) is 113 Å². The minimum Gasteiger partial charge on any atom is -0.670 e. The Hall–Kier alpha value is -2.29. The van der Waals surface area contributed by atoms with Gasteiger partial charge in [0.25, 0.3) is 0 Å². The smallest absolute Gasteiger partial charge is 0 e. The van der Waals surface area contributed by atoms with Crippen LogP contribution < -0.4 is 0 Å². The molecule has 0 bridgehead atoms.